The van der Waals surface area contributed by atoms with Crippen molar-refractivity contribution in [2.45, 2.75) is 46.0 Å². The SMILES string of the molecule is CCC(C)C(=O)n1ccc(N2CCc3cc(C(=O)N4CCCCC4)ccc32)c/c1=N/C. The molecule has 4 rings (SSSR count). The Morgan fingerprint density at radius 2 is 1.84 bits per heavy atom. The van der Waals surface area contributed by atoms with E-state index >= 15 is 0 Å². The fourth-order valence-electron chi connectivity index (χ4n) is 4.50. The van der Waals surface area contributed by atoms with Crippen LogP contribution in [0.25, 0.3) is 0 Å². The molecule has 0 aliphatic carbocycles. The first-order valence-electron chi connectivity index (χ1n) is 11.4. The summed E-state index contributed by atoms with van der Waals surface area (Å²) in [5.41, 5.74) is 4.79. The molecular weight excluding hydrogens is 388 g/mol. The number of amides is 1. The van der Waals surface area contributed by atoms with Crippen LogP contribution in [0.3, 0.4) is 0 Å². The molecule has 3 heterocycles. The third kappa shape index (κ3) is 4.16. The van der Waals surface area contributed by atoms with E-state index in [1.54, 1.807) is 11.6 Å². The van der Waals surface area contributed by atoms with Gasteiger partial charge in [-0.15, -0.1) is 0 Å². The molecule has 0 spiro atoms. The number of aromatic nitrogens is 1. The minimum atomic E-state index is -0.0419. The zero-order valence-electron chi connectivity index (χ0n) is 18.8. The van der Waals surface area contributed by atoms with Crippen LogP contribution in [0.2, 0.25) is 0 Å². The van der Waals surface area contributed by atoms with Crippen LogP contribution in [0.5, 0.6) is 0 Å². The molecule has 0 saturated carbocycles. The van der Waals surface area contributed by atoms with Crippen molar-refractivity contribution >= 4 is 23.2 Å². The summed E-state index contributed by atoms with van der Waals surface area (Å²) in [6, 6.07) is 10.0. The van der Waals surface area contributed by atoms with Gasteiger partial charge in [0.15, 0.2) is 0 Å². The first-order valence-corrected chi connectivity index (χ1v) is 11.4. The van der Waals surface area contributed by atoms with E-state index < -0.39 is 0 Å². The Morgan fingerprint density at radius 1 is 1.06 bits per heavy atom. The Bertz CT molecular complexity index is 1050. The van der Waals surface area contributed by atoms with Crippen molar-refractivity contribution < 1.29 is 9.59 Å². The Labute approximate surface area is 184 Å². The molecule has 1 aromatic carbocycles. The number of fused-ring (bicyclic) bond motifs is 1. The zero-order valence-corrected chi connectivity index (χ0v) is 18.8. The average Bonchev–Trinajstić information content (AvgIpc) is 3.26. The van der Waals surface area contributed by atoms with Crippen LogP contribution in [0, 0.1) is 5.92 Å². The molecular formula is C25H32N4O2. The summed E-state index contributed by atoms with van der Waals surface area (Å²) < 4.78 is 1.65. The van der Waals surface area contributed by atoms with E-state index in [-0.39, 0.29) is 17.7 Å². The normalized spacial score (nSPS) is 17.6. The number of nitrogens with zero attached hydrogens (tertiary/aromatic N) is 4. The smallest absolute Gasteiger partial charge is 0.253 e. The summed E-state index contributed by atoms with van der Waals surface area (Å²) in [5.74, 6) is 0.175. The van der Waals surface area contributed by atoms with Gasteiger partial charge in [-0.25, -0.2) is 0 Å². The summed E-state index contributed by atoms with van der Waals surface area (Å²) in [6.07, 6.45) is 6.95. The summed E-state index contributed by atoms with van der Waals surface area (Å²) in [6.45, 7) is 6.55. The predicted octanol–water partition coefficient (Wildman–Crippen LogP) is 4.03. The van der Waals surface area contributed by atoms with Crippen molar-refractivity contribution in [1.82, 2.24) is 9.47 Å². The number of rotatable bonds is 4. The van der Waals surface area contributed by atoms with Crippen LogP contribution in [0.4, 0.5) is 11.4 Å². The maximum atomic E-state index is 12.9. The monoisotopic (exact) mass is 420 g/mol. The van der Waals surface area contributed by atoms with Gasteiger partial charge in [0.2, 0.25) is 5.91 Å². The molecule has 31 heavy (non-hydrogen) atoms. The summed E-state index contributed by atoms with van der Waals surface area (Å²) >= 11 is 0. The van der Waals surface area contributed by atoms with Gasteiger partial charge in [0.25, 0.3) is 5.91 Å². The van der Waals surface area contributed by atoms with Crippen LogP contribution in [0.15, 0.2) is 41.5 Å². The van der Waals surface area contributed by atoms with E-state index in [1.807, 2.05) is 43.1 Å². The molecule has 6 nitrogen and oxygen atoms in total. The lowest BCUT2D eigenvalue weighted by Crippen LogP contribution is -2.35. The number of hydrogen-bond acceptors (Lipinski definition) is 4. The Hall–Kier alpha value is -2.89. The van der Waals surface area contributed by atoms with Crippen LogP contribution in [0.1, 0.15) is 60.2 Å². The van der Waals surface area contributed by atoms with Gasteiger partial charge in [0.05, 0.1) is 0 Å². The molecule has 2 aliphatic rings. The second-order valence-corrected chi connectivity index (χ2v) is 8.58. The lowest BCUT2D eigenvalue weighted by atomic mass is 10.1. The summed E-state index contributed by atoms with van der Waals surface area (Å²) in [4.78, 5) is 34.1. The number of carbonyl (C=O) groups excluding carboxylic acids is 2. The van der Waals surface area contributed by atoms with Crippen LogP contribution in [-0.2, 0) is 6.42 Å². The largest absolute Gasteiger partial charge is 0.341 e. The van der Waals surface area contributed by atoms with Crippen LogP contribution < -0.4 is 10.4 Å². The molecule has 164 valence electrons. The van der Waals surface area contributed by atoms with Crippen LogP contribution in [-0.4, -0.2) is 48.0 Å². The molecule has 2 aliphatic heterocycles. The Kier molecular flexibility index (Phi) is 6.25. The third-order valence-electron chi connectivity index (χ3n) is 6.60. The average molecular weight is 421 g/mol. The first-order chi connectivity index (χ1) is 15.0. The number of piperidine rings is 1. The molecule has 6 heteroatoms. The highest BCUT2D eigenvalue weighted by molar-refractivity contribution is 5.95. The third-order valence-corrected chi connectivity index (χ3v) is 6.60. The first kappa shape index (κ1) is 21.3. The minimum Gasteiger partial charge on any atom is -0.341 e. The maximum absolute atomic E-state index is 12.9. The van der Waals surface area contributed by atoms with E-state index in [9.17, 15) is 9.59 Å². The second-order valence-electron chi connectivity index (χ2n) is 8.58. The van der Waals surface area contributed by atoms with Gasteiger partial charge in [-0.2, -0.15) is 0 Å². The van der Waals surface area contributed by atoms with Gasteiger partial charge in [-0.1, -0.05) is 13.8 Å². The topological polar surface area (TPSA) is 57.9 Å². The lowest BCUT2D eigenvalue weighted by Gasteiger charge is -2.27. The molecule has 1 amide bonds. The molecule has 2 aromatic rings. The fraction of sp³-hybridized carbons (Fsp3) is 0.480. The molecule has 1 fully saturated rings. The van der Waals surface area contributed by atoms with Gasteiger partial charge in [-0.3, -0.25) is 19.1 Å². The number of benzene rings is 1. The van der Waals surface area contributed by atoms with E-state index in [4.69, 9.17) is 0 Å². The maximum Gasteiger partial charge on any atom is 0.253 e. The highest BCUT2D eigenvalue weighted by Gasteiger charge is 2.25. The van der Waals surface area contributed by atoms with E-state index in [2.05, 4.69) is 22.0 Å². The van der Waals surface area contributed by atoms with Crippen molar-refractivity contribution in [2.75, 3.05) is 31.6 Å². The van der Waals surface area contributed by atoms with E-state index in [0.29, 0.717) is 5.49 Å². The van der Waals surface area contributed by atoms with Gasteiger partial charge in [0, 0.05) is 61.8 Å². The molecule has 0 N–H and O–H groups in total. The number of likely N-dealkylation sites (tertiary alicyclic amines) is 1. The molecule has 1 saturated heterocycles. The number of carbonyl (C=O) groups is 2. The van der Waals surface area contributed by atoms with E-state index in [0.717, 1.165) is 62.3 Å². The van der Waals surface area contributed by atoms with Crippen molar-refractivity contribution in [2.24, 2.45) is 10.9 Å². The molecule has 1 unspecified atom stereocenters. The number of hydrogen-bond donors (Lipinski definition) is 0. The number of anilines is 2. The van der Waals surface area contributed by atoms with Crippen molar-refractivity contribution in [3.63, 3.8) is 0 Å². The quantitative estimate of drug-likeness (QED) is 0.751. The minimum absolute atomic E-state index is 0.0419. The highest BCUT2D eigenvalue weighted by Crippen LogP contribution is 2.34. The lowest BCUT2D eigenvalue weighted by molar-refractivity contribution is 0.0724. The molecule has 0 bridgehead atoms. The second kappa shape index (κ2) is 9.08. The van der Waals surface area contributed by atoms with Gasteiger partial charge >= 0.3 is 0 Å². The standard InChI is InChI=1S/C25H32N4O2/c1-4-18(2)24(30)29-15-11-21(17-23(29)26-3)28-14-10-19-16-20(8-9-22(19)28)25(31)27-12-6-5-7-13-27/h8-9,11,15-18H,4-7,10,12-14H2,1-3H3/b26-23-. The number of pyridine rings is 1. The fourth-order valence-corrected chi connectivity index (χ4v) is 4.50. The molecule has 1 aromatic heterocycles. The zero-order chi connectivity index (χ0) is 22.0. The van der Waals surface area contributed by atoms with Gasteiger partial charge in [0.1, 0.15) is 5.49 Å². The molecule has 0 radical (unpaired) electrons. The van der Waals surface area contributed by atoms with Crippen molar-refractivity contribution in [1.29, 1.82) is 0 Å². The van der Waals surface area contributed by atoms with Crippen molar-refractivity contribution in [3.8, 4) is 0 Å². The van der Waals surface area contributed by atoms with Gasteiger partial charge in [-0.05, 0) is 61.9 Å². The van der Waals surface area contributed by atoms with Crippen LogP contribution >= 0.6 is 0 Å². The molecule has 1 atom stereocenters. The summed E-state index contributed by atoms with van der Waals surface area (Å²) in [5, 5.41) is 0. The van der Waals surface area contributed by atoms with Crippen molar-refractivity contribution in [3.05, 3.63) is 53.1 Å². The van der Waals surface area contributed by atoms with Gasteiger partial charge < -0.3 is 9.80 Å². The predicted molar refractivity (Wildman–Crippen MR) is 123 cm³/mol. The Morgan fingerprint density at radius 3 is 2.55 bits per heavy atom. The highest BCUT2D eigenvalue weighted by atomic mass is 16.2. The van der Waals surface area contributed by atoms with E-state index in [1.165, 1.54) is 12.0 Å². The summed E-state index contributed by atoms with van der Waals surface area (Å²) in [7, 11) is 1.72. The Balaban J connectivity index is 1.60.